The molecule has 1 aromatic heterocycles. The summed E-state index contributed by atoms with van der Waals surface area (Å²) in [5, 5.41) is 14.7. The first-order valence-electron chi connectivity index (χ1n) is 5.02. The van der Waals surface area contributed by atoms with Gasteiger partial charge in [-0.05, 0) is 13.0 Å². The molecule has 1 aromatic carbocycles. The molecule has 2 rings (SSSR count). The topological polar surface area (TPSA) is 79.4 Å². The van der Waals surface area contributed by atoms with Crippen LogP contribution in [0.4, 0.5) is 11.5 Å². The predicted octanol–water partition coefficient (Wildman–Crippen LogP) is 2.84. The lowest BCUT2D eigenvalue weighted by Crippen LogP contribution is -1.96. The van der Waals surface area contributed by atoms with Gasteiger partial charge in [-0.1, -0.05) is 18.2 Å². The molecule has 0 bridgehead atoms. The van der Waals surface area contributed by atoms with Gasteiger partial charge in [0.2, 0.25) is 0 Å². The second-order valence-electron chi connectivity index (χ2n) is 3.45. The molecule has 0 aliphatic heterocycles. The number of hydrogen-bond acceptors (Lipinski definition) is 4. The second-order valence-corrected chi connectivity index (χ2v) is 3.45. The maximum atomic E-state index is 5.85. The Labute approximate surface area is 93.4 Å². The number of anilines is 1. The molecule has 1 atom stereocenters. The molecule has 16 heavy (non-hydrogen) atoms. The van der Waals surface area contributed by atoms with Crippen molar-refractivity contribution in [2.24, 2.45) is 10.2 Å². The third-order valence-corrected chi connectivity index (χ3v) is 2.27. The number of aromatic amines is 1. The average Bonchev–Trinajstić information content (AvgIpc) is 2.79. The molecule has 0 aliphatic rings. The van der Waals surface area contributed by atoms with E-state index in [1.165, 1.54) is 0 Å². The van der Waals surface area contributed by atoms with Crippen LogP contribution in [0.5, 0.6) is 0 Å². The second kappa shape index (κ2) is 4.57. The fourth-order valence-electron chi connectivity index (χ4n) is 1.41. The Morgan fingerprint density at radius 3 is 2.81 bits per heavy atom. The zero-order valence-corrected chi connectivity index (χ0v) is 8.96. The minimum absolute atomic E-state index is 0.0714. The van der Waals surface area contributed by atoms with E-state index in [1.807, 2.05) is 31.2 Å². The van der Waals surface area contributed by atoms with Crippen LogP contribution in [-0.2, 0) is 0 Å². The van der Waals surface area contributed by atoms with Crippen molar-refractivity contribution >= 4 is 11.5 Å². The fraction of sp³-hybridized carbons (Fsp3) is 0.182. The minimum Gasteiger partial charge on any atom is -0.398 e. The van der Waals surface area contributed by atoms with Crippen LogP contribution in [-0.4, -0.2) is 10.2 Å². The molecule has 2 aromatic rings. The third kappa shape index (κ3) is 2.25. The Morgan fingerprint density at radius 1 is 1.31 bits per heavy atom. The summed E-state index contributed by atoms with van der Waals surface area (Å²) in [6, 6.07) is 9.32. The zero-order valence-electron chi connectivity index (χ0n) is 8.96. The maximum Gasteiger partial charge on any atom is 0.195 e. The van der Waals surface area contributed by atoms with Gasteiger partial charge in [-0.3, -0.25) is 5.10 Å². The predicted molar refractivity (Wildman–Crippen MR) is 62.4 cm³/mol. The first kappa shape index (κ1) is 10.4. The monoisotopic (exact) mass is 215 g/mol. The van der Waals surface area contributed by atoms with E-state index in [9.17, 15) is 0 Å². The molecular formula is C11H13N5. The molecule has 1 unspecified atom stereocenters. The van der Waals surface area contributed by atoms with Crippen LogP contribution in [0.1, 0.15) is 18.5 Å². The smallest absolute Gasteiger partial charge is 0.195 e. The number of nitrogens with zero attached hydrogens (tertiary/aromatic N) is 3. The molecule has 3 N–H and O–H groups in total. The van der Waals surface area contributed by atoms with Crippen molar-refractivity contribution < 1.29 is 0 Å². The lowest BCUT2D eigenvalue weighted by Gasteiger charge is -2.07. The van der Waals surface area contributed by atoms with Gasteiger partial charge in [0.05, 0.1) is 6.04 Å². The van der Waals surface area contributed by atoms with Crippen molar-refractivity contribution in [3.05, 3.63) is 42.1 Å². The highest BCUT2D eigenvalue weighted by Crippen LogP contribution is 2.24. The molecule has 5 heteroatoms. The van der Waals surface area contributed by atoms with Crippen LogP contribution in [0.25, 0.3) is 0 Å². The normalized spacial score (nSPS) is 13.1. The Morgan fingerprint density at radius 2 is 2.12 bits per heavy atom. The van der Waals surface area contributed by atoms with Crippen LogP contribution >= 0.6 is 0 Å². The van der Waals surface area contributed by atoms with Crippen LogP contribution in [0.2, 0.25) is 0 Å². The van der Waals surface area contributed by atoms with Crippen LogP contribution in [0.15, 0.2) is 46.8 Å². The third-order valence-electron chi connectivity index (χ3n) is 2.27. The highest BCUT2D eigenvalue weighted by atomic mass is 15.2. The number of benzene rings is 1. The lowest BCUT2D eigenvalue weighted by molar-refractivity contribution is 0.762. The number of azo groups is 1. The Balaban J connectivity index is 2.14. The largest absolute Gasteiger partial charge is 0.398 e. The van der Waals surface area contributed by atoms with E-state index in [1.54, 1.807) is 12.3 Å². The molecule has 0 aliphatic carbocycles. The average molecular weight is 215 g/mol. The number of nitrogens with two attached hydrogens (primary N) is 1. The number of nitrogens with one attached hydrogen (secondary N) is 1. The lowest BCUT2D eigenvalue weighted by atomic mass is 10.1. The first-order chi connectivity index (χ1) is 7.77. The number of hydrogen-bond donors (Lipinski definition) is 2. The highest BCUT2D eigenvalue weighted by Gasteiger charge is 2.06. The summed E-state index contributed by atoms with van der Waals surface area (Å²) in [5.74, 6) is 0.571. The fourth-order valence-corrected chi connectivity index (χ4v) is 1.41. The van der Waals surface area contributed by atoms with Crippen molar-refractivity contribution in [2.75, 3.05) is 5.73 Å². The van der Waals surface area contributed by atoms with Crippen molar-refractivity contribution in [1.82, 2.24) is 10.2 Å². The van der Waals surface area contributed by atoms with E-state index in [4.69, 9.17) is 5.73 Å². The van der Waals surface area contributed by atoms with Gasteiger partial charge in [0.15, 0.2) is 5.82 Å². The van der Waals surface area contributed by atoms with Crippen molar-refractivity contribution in [3.63, 3.8) is 0 Å². The van der Waals surface area contributed by atoms with Crippen LogP contribution in [0.3, 0.4) is 0 Å². The van der Waals surface area contributed by atoms with E-state index in [2.05, 4.69) is 20.4 Å². The van der Waals surface area contributed by atoms with Gasteiger partial charge < -0.3 is 5.73 Å². The molecule has 0 fully saturated rings. The number of rotatable bonds is 3. The molecule has 82 valence electrons. The number of nitrogen functional groups attached to an aromatic ring is 1. The minimum atomic E-state index is -0.0714. The standard InChI is InChI=1S/C11H13N5/c1-8(9-4-2-3-5-10(9)12)14-16-11-6-7-13-15-11/h2-8H,12H2,1H3,(H,13,15)/b16-14+. The van der Waals surface area contributed by atoms with Gasteiger partial charge in [0, 0.05) is 23.5 Å². The van der Waals surface area contributed by atoms with Crippen molar-refractivity contribution in [2.45, 2.75) is 13.0 Å². The molecule has 5 nitrogen and oxygen atoms in total. The molecule has 0 saturated carbocycles. The molecule has 0 spiro atoms. The molecule has 0 saturated heterocycles. The van der Waals surface area contributed by atoms with Gasteiger partial charge in [0.1, 0.15) is 0 Å². The summed E-state index contributed by atoms with van der Waals surface area (Å²) in [7, 11) is 0. The number of para-hydroxylation sites is 1. The maximum absolute atomic E-state index is 5.85. The van der Waals surface area contributed by atoms with Gasteiger partial charge in [-0.15, -0.1) is 5.11 Å². The Bertz CT molecular complexity index is 475. The number of aromatic nitrogens is 2. The van der Waals surface area contributed by atoms with Gasteiger partial charge in [-0.25, -0.2) is 0 Å². The summed E-state index contributed by atoms with van der Waals surface area (Å²) in [6.07, 6.45) is 1.70. The van der Waals surface area contributed by atoms with Crippen LogP contribution in [0, 0.1) is 0 Å². The van der Waals surface area contributed by atoms with Crippen molar-refractivity contribution in [1.29, 1.82) is 0 Å². The zero-order chi connectivity index (χ0) is 11.4. The van der Waals surface area contributed by atoms with E-state index >= 15 is 0 Å². The summed E-state index contributed by atoms with van der Waals surface area (Å²) < 4.78 is 0. The Kier molecular flexibility index (Phi) is 2.95. The van der Waals surface area contributed by atoms with E-state index < -0.39 is 0 Å². The van der Waals surface area contributed by atoms with Crippen LogP contribution < -0.4 is 5.73 Å². The quantitative estimate of drug-likeness (QED) is 0.609. The van der Waals surface area contributed by atoms with Gasteiger partial charge >= 0.3 is 0 Å². The van der Waals surface area contributed by atoms with Gasteiger partial charge in [-0.2, -0.15) is 10.2 Å². The van der Waals surface area contributed by atoms with E-state index in [-0.39, 0.29) is 6.04 Å². The summed E-state index contributed by atoms with van der Waals surface area (Å²) >= 11 is 0. The molecule has 0 amide bonds. The molecule has 0 radical (unpaired) electrons. The summed E-state index contributed by atoms with van der Waals surface area (Å²) in [5.41, 5.74) is 7.55. The first-order valence-corrected chi connectivity index (χ1v) is 5.02. The number of H-pyrrole nitrogens is 1. The van der Waals surface area contributed by atoms with E-state index in [0.717, 1.165) is 11.3 Å². The molecular weight excluding hydrogens is 202 g/mol. The Hall–Kier alpha value is -2.17. The van der Waals surface area contributed by atoms with Crippen molar-refractivity contribution in [3.8, 4) is 0 Å². The summed E-state index contributed by atoms with van der Waals surface area (Å²) in [6.45, 7) is 1.95. The molecule has 1 heterocycles. The van der Waals surface area contributed by atoms with E-state index in [0.29, 0.717) is 5.82 Å². The SMILES string of the molecule is CC(/N=N/c1cc[nH]n1)c1ccccc1N. The van der Waals surface area contributed by atoms with Gasteiger partial charge in [0.25, 0.3) is 0 Å². The highest BCUT2D eigenvalue weighted by molar-refractivity contribution is 5.47. The summed E-state index contributed by atoms with van der Waals surface area (Å²) in [4.78, 5) is 0.